The lowest BCUT2D eigenvalue weighted by atomic mass is 9.98. The van der Waals surface area contributed by atoms with Gasteiger partial charge >= 0.3 is 12.0 Å². The quantitative estimate of drug-likeness (QED) is 0.659. The fourth-order valence-electron chi connectivity index (χ4n) is 3.89. The number of nitrogens with one attached hydrogen (secondary N) is 1. The normalized spacial score (nSPS) is 36.5. The highest BCUT2D eigenvalue weighted by atomic mass is 16.4. The van der Waals surface area contributed by atoms with Crippen molar-refractivity contribution >= 4 is 12.0 Å². The molecule has 4 atom stereocenters. The molecule has 0 saturated carbocycles. The summed E-state index contributed by atoms with van der Waals surface area (Å²) in [7, 11) is 0. The number of nitrogens with zero attached hydrogens (tertiary/aromatic N) is 2. The van der Waals surface area contributed by atoms with Crippen LogP contribution >= 0.6 is 0 Å². The molecule has 3 N–H and O–H groups in total. The summed E-state index contributed by atoms with van der Waals surface area (Å²) in [6.45, 7) is 2.26. The zero-order chi connectivity index (χ0) is 15.0. The number of piperidine rings is 1. The number of carboxylic acids is 1. The van der Waals surface area contributed by atoms with E-state index in [0.717, 1.165) is 25.9 Å². The monoisotopic (exact) mass is 297 g/mol. The number of likely N-dealkylation sites (tertiary alicyclic amines) is 1. The third-order valence-electron chi connectivity index (χ3n) is 4.97. The highest BCUT2D eigenvalue weighted by Crippen LogP contribution is 2.27. The van der Waals surface area contributed by atoms with Crippen molar-refractivity contribution in [1.82, 2.24) is 15.1 Å². The van der Waals surface area contributed by atoms with Crippen LogP contribution in [-0.2, 0) is 4.79 Å². The smallest absolute Gasteiger partial charge is 0.326 e. The van der Waals surface area contributed by atoms with Gasteiger partial charge in [0.1, 0.15) is 6.04 Å². The van der Waals surface area contributed by atoms with Gasteiger partial charge in [-0.05, 0) is 32.2 Å². The maximum atomic E-state index is 12.3. The molecule has 0 aromatic carbocycles. The highest BCUT2D eigenvalue weighted by Gasteiger charge is 2.40. The maximum Gasteiger partial charge on any atom is 0.326 e. The first kappa shape index (κ1) is 14.6. The van der Waals surface area contributed by atoms with Gasteiger partial charge < -0.3 is 25.3 Å². The molecule has 2 amide bonds. The first-order valence-corrected chi connectivity index (χ1v) is 7.76. The third kappa shape index (κ3) is 2.98. The van der Waals surface area contributed by atoms with Crippen LogP contribution in [0, 0.1) is 0 Å². The van der Waals surface area contributed by atoms with E-state index >= 15 is 0 Å². The van der Waals surface area contributed by atoms with Crippen LogP contribution < -0.4 is 5.32 Å². The van der Waals surface area contributed by atoms with E-state index in [4.69, 9.17) is 5.11 Å². The van der Waals surface area contributed by atoms with E-state index in [2.05, 4.69) is 10.2 Å². The highest BCUT2D eigenvalue weighted by molar-refractivity contribution is 5.83. The first-order chi connectivity index (χ1) is 10.0. The predicted octanol–water partition coefficient (Wildman–Crippen LogP) is -0.157. The molecule has 3 aliphatic heterocycles. The molecule has 0 radical (unpaired) electrons. The molecule has 0 aliphatic carbocycles. The van der Waals surface area contributed by atoms with Crippen LogP contribution in [0.1, 0.15) is 32.1 Å². The Balaban J connectivity index is 1.57. The number of carboxylic acid groups (broad SMARTS) is 1. The number of carbonyl (C=O) groups excluding carboxylic acids is 1. The maximum absolute atomic E-state index is 12.3. The zero-order valence-corrected chi connectivity index (χ0v) is 12.1. The molecule has 7 heteroatoms. The van der Waals surface area contributed by atoms with Gasteiger partial charge in [-0.1, -0.05) is 0 Å². The van der Waals surface area contributed by atoms with E-state index in [1.54, 1.807) is 0 Å². The van der Waals surface area contributed by atoms with E-state index in [-0.39, 0.29) is 25.0 Å². The van der Waals surface area contributed by atoms with Gasteiger partial charge in [0, 0.05) is 31.6 Å². The van der Waals surface area contributed by atoms with Crippen molar-refractivity contribution in [2.45, 2.75) is 56.3 Å². The minimum Gasteiger partial charge on any atom is -0.480 e. The summed E-state index contributed by atoms with van der Waals surface area (Å²) >= 11 is 0. The SMILES string of the molecule is O=C(O)[C@@H]1C[C@@H](O)CN1C(=O)NC1CCN2CCCC2C1. The number of hydrogen-bond donors (Lipinski definition) is 3. The number of β-amino-alcohol motifs (C(OH)–C–C–N with tert-alkyl or cyclic N) is 1. The van der Waals surface area contributed by atoms with Gasteiger partial charge in [0.05, 0.1) is 6.10 Å². The Bertz CT molecular complexity index is 430. The number of aliphatic carboxylic acids is 1. The fourth-order valence-corrected chi connectivity index (χ4v) is 3.89. The number of carbonyl (C=O) groups is 2. The first-order valence-electron chi connectivity index (χ1n) is 7.76. The van der Waals surface area contributed by atoms with Gasteiger partial charge in [0.25, 0.3) is 0 Å². The number of fused-ring (bicyclic) bond motifs is 1. The van der Waals surface area contributed by atoms with E-state index in [1.807, 2.05) is 0 Å². The van der Waals surface area contributed by atoms with E-state index in [1.165, 1.54) is 17.7 Å². The average Bonchev–Trinajstić information content (AvgIpc) is 3.04. The van der Waals surface area contributed by atoms with Gasteiger partial charge in [0.2, 0.25) is 0 Å². The molecule has 3 rings (SSSR count). The summed E-state index contributed by atoms with van der Waals surface area (Å²) in [6, 6.07) is -0.588. The number of amides is 2. The number of aliphatic hydroxyl groups excluding tert-OH is 1. The van der Waals surface area contributed by atoms with Crippen molar-refractivity contribution in [2.75, 3.05) is 19.6 Å². The number of aliphatic hydroxyl groups is 1. The van der Waals surface area contributed by atoms with Crippen LogP contribution in [0.15, 0.2) is 0 Å². The standard InChI is InChI=1S/C14H23N3O4/c18-11-7-12(13(19)20)17(8-11)14(21)15-9-3-5-16-4-1-2-10(16)6-9/h9-12,18H,1-8H2,(H,15,21)(H,19,20)/t9?,10?,11-,12+/m1/s1. The number of hydrogen-bond acceptors (Lipinski definition) is 4. The Morgan fingerprint density at radius 3 is 2.71 bits per heavy atom. The largest absolute Gasteiger partial charge is 0.480 e. The molecule has 0 aromatic rings. The minimum atomic E-state index is -1.05. The molecule has 21 heavy (non-hydrogen) atoms. The second-order valence-electron chi connectivity index (χ2n) is 6.40. The lowest BCUT2D eigenvalue weighted by Crippen LogP contribution is -2.53. The van der Waals surface area contributed by atoms with E-state index < -0.39 is 18.1 Å². The lowest BCUT2D eigenvalue weighted by Gasteiger charge is -2.36. The molecular formula is C14H23N3O4. The van der Waals surface area contributed by atoms with Crippen molar-refractivity contribution in [3.63, 3.8) is 0 Å². The van der Waals surface area contributed by atoms with Crippen molar-refractivity contribution < 1.29 is 19.8 Å². The fraction of sp³-hybridized carbons (Fsp3) is 0.857. The molecule has 3 heterocycles. The molecule has 3 saturated heterocycles. The Kier molecular flexibility index (Phi) is 4.03. The van der Waals surface area contributed by atoms with Crippen LogP contribution in [0.4, 0.5) is 4.79 Å². The molecule has 0 spiro atoms. The molecule has 3 fully saturated rings. The van der Waals surface area contributed by atoms with Gasteiger partial charge in [-0.15, -0.1) is 0 Å². The van der Waals surface area contributed by atoms with Crippen LogP contribution in [0.2, 0.25) is 0 Å². The Hall–Kier alpha value is -1.34. The number of urea groups is 1. The number of rotatable bonds is 2. The minimum absolute atomic E-state index is 0.102. The van der Waals surface area contributed by atoms with Crippen molar-refractivity contribution in [1.29, 1.82) is 0 Å². The second-order valence-corrected chi connectivity index (χ2v) is 6.40. The molecule has 2 unspecified atom stereocenters. The predicted molar refractivity (Wildman–Crippen MR) is 74.9 cm³/mol. The van der Waals surface area contributed by atoms with Gasteiger partial charge in [-0.3, -0.25) is 0 Å². The summed E-state index contributed by atoms with van der Waals surface area (Å²) in [5.41, 5.74) is 0. The van der Waals surface area contributed by atoms with E-state index in [0.29, 0.717) is 6.04 Å². The third-order valence-corrected chi connectivity index (χ3v) is 4.97. The molecule has 3 aliphatic rings. The van der Waals surface area contributed by atoms with Crippen molar-refractivity contribution in [3.05, 3.63) is 0 Å². The van der Waals surface area contributed by atoms with Crippen LogP contribution in [0.5, 0.6) is 0 Å². The summed E-state index contributed by atoms with van der Waals surface area (Å²) in [4.78, 5) is 27.2. The Labute approximate surface area is 123 Å². The van der Waals surface area contributed by atoms with Crippen LogP contribution in [0.25, 0.3) is 0 Å². The molecule has 118 valence electrons. The molecule has 7 nitrogen and oxygen atoms in total. The van der Waals surface area contributed by atoms with Gasteiger partial charge in [0.15, 0.2) is 0 Å². The Morgan fingerprint density at radius 1 is 1.14 bits per heavy atom. The van der Waals surface area contributed by atoms with Crippen LogP contribution in [0.3, 0.4) is 0 Å². The molecule has 0 bridgehead atoms. The van der Waals surface area contributed by atoms with E-state index in [9.17, 15) is 14.7 Å². The summed E-state index contributed by atoms with van der Waals surface area (Å²) in [5.74, 6) is -1.05. The van der Waals surface area contributed by atoms with Gasteiger partial charge in [-0.25, -0.2) is 9.59 Å². The topological polar surface area (TPSA) is 93.1 Å². The zero-order valence-electron chi connectivity index (χ0n) is 12.1. The lowest BCUT2D eigenvalue weighted by molar-refractivity contribution is -0.141. The molecule has 0 aromatic heterocycles. The average molecular weight is 297 g/mol. The van der Waals surface area contributed by atoms with Crippen LogP contribution in [-0.4, -0.2) is 75.9 Å². The van der Waals surface area contributed by atoms with Crippen molar-refractivity contribution in [3.8, 4) is 0 Å². The molecular weight excluding hydrogens is 274 g/mol. The van der Waals surface area contributed by atoms with Gasteiger partial charge in [-0.2, -0.15) is 0 Å². The summed E-state index contributed by atoms with van der Waals surface area (Å²) in [5, 5.41) is 21.7. The summed E-state index contributed by atoms with van der Waals surface area (Å²) < 4.78 is 0. The Morgan fingerprint density at radius 2 is 1.95 bits per heavy atom. The summed E-state index contributed by atoms with van der Waals surface area (Å²) in [6.07, 6.45) is 3.64. The van der Waals surface area contributed by atoms with Crippen molar-refractivity contribution in [2.24, 2.45) is 0 Å². The second kappa shape index (κ2) is 5.81.